The summed E-state index contributed by atoms with van der Waals surface area (Å²) in [6.45, 7) is 0. The number of nitro benzene ring substituents is 1. The van der Waals surface area contributed by atoms with Crippen molar-refractivity contribution in [1.29, 1.82) is 0 Å². The molecule has 0 bridgehead atoms. The highest BCUT2D eigenvalue weighted by molar-refractivity contribution is 8.15. The molecule has 1 amide bonds. The lowest BCUT2D eigenvalue weighted by Crippen LogP contribution is -2.26. The molecule has 0 radical (unpaired) electrons. The van der Waals surface area contributed by atoms with E-state index in [0.29, 0.717) is 17.2 Å². The van der Waals surface area contributed by atoms with Crippen LogP contribution in [0.25, 0.3) is 10.8 Å². The van der Waals surface area contributed by atoms with E-state index >= 15 is 0 Å². The average molecular weight is 404 g/mol. The second kappa shape index (κ2) is 8.24. The fourth-order valence-electron chi connectivity index (χ4n) is 3.12. The molecule has 1 heterocycles. The summed E-state index contributed by atoms with van der Waals surface area (Å²) in [6.07, 6.45) is 2.01. The van der Waals surface area contributed by atoms with Crippen LogP contribution in [-0.2, 0) is 11.2 Å². The SMILES string of the molecule is O=C1N/C(=N/N=C\c2cccc([N+](=O)[O-])c2)S[C@H]1Cc1cccc2ccccc12. The normalized spacial score (nSPS) is 17.9. The highest BCUT2D eigenvalue weighted by atomic mass is 32.2. The Morgan fingerprint density at radius 1 is 1.10 bits per heavy atom. The van der Waals surface area contributed by atoms with Gasteiger partial charge in [0.1, 0.15) is 0 Å². The summed E-state index contributed by atoms with van der Waals surface area (Å²) < 4.78 is 0. The Morgan fingerprint density at radius 3 is 2.76 bits per heavy atom. The van der Waals surface area contributed by atoms with E-state index in [0.717, 1.165) is 16.3 Å². The molecule has 1 saturated heterocycles. The molecule has 1 N–H and O–H groups in total. The van der Waals surface area contributed by atoms with E-state index in [1.807, 2.05) is 24.3 Å². The van der Waals surface area contributed by atoms with Gasteiger partial charge in [-0.3, -0.25) is 14.9 Å². The summed E-state index contributed by atoms with van der Waals surface area (Å²) in [4.78, 5) is 22.7. The topological polar surface area (TPSA) is 97.0 Å². The first-order valence-electron chi connectivity index (χ1n) is 8.90. The fourth-order valence-corrected chi connectivity index (χ4v) is 4.08. The molecule has 8 heteroatoms. The number of nitrogens with zero attached hydrogens (tertiary/aromatic N) is 3. The summed E-state index contributed by atoms with van der Waals surface area (Å²) in [5.74, 6) is -0.104. The number of carbonyl (C=O) groups excluding carboxylic acids is 1. The molecule has 0 spiro atoms. The van der Waals surface area contributed by atoms with Gasteiger partial charge in [0, 0.05) is 17.7 Å². The van der Waals surface area contributed by atoms with Gasteiger partial charge >= 0.3 is 0 Å². The first kappa shape index (κ1) is 18.8. The maximum absolute atomic E-state index is 12.3. The Balaban J connectivity index is 1.46. The predicted molar refractivity (Wildman–Crippen MR) is 115 cm³/mol. The number of hydrogen-bond acceptors (Lipinski definition) is 6. The van der Waals surface area contributed by atoms with Gasteiger partial charge in [-0.05, 0) is 22.8 Å². The molecule has 3 aromatic carbocycles. The largest absolute Gasteiger partial charge is 0.303 e. The van der Waals surface area contributed by atoms with Crippen molar-refractivity contribution >= 4 is 45.5 Å². The first-order valence-corrected chi connectivity index (χ1v) is 9.78. The monoisotopic (exact) mass is 404 g/mol. The Hall–Kier alpha value is -3.52. The lowest BCUT2D eigenvalue weighted by Gasteiger charge is -2.09. The predicted octanol–water partition coefficient (Wildman–Crippen LogP) is 3.91. The van der Waals surface area contributed by atoms with Crippen LogP contribution >= 0.6 is 11.8 Å². The summed E-state index contributed by atoms with van der Waals surface area (Å²) in [6, 6.07) is 20.3. The molecule has 0 aromatic heterocycles. The van der Waals surface area contributed by atoms with E-state index in [-0.39, 0.29) is 16.8 Å². The summed E-state index contributed by atoms with van der Waals surface area (Å²) in [7, 11) is 0. The van der Waals surface area contributed by atoms with Gasteiger partial charge in [-0.15, -0.1) is 5.10 Å². The number of amidine groups is 1. The molecule has 0 saturated carbocycles. The van der Waals surface area contributed by atoms with Crippen molar-refractivity contribution < 1.29 is 9.72 Å². The van der Waals surface area contributed by atoms with Gasteiger partial charge in [-0.25, -0.2) is 0 Å². The number of nitrogens with one attached hydrogen (secondary N) is 1. The third-order valence-corrected chi connectivity index (χ3v) is 5.57. The summed E-state index contributed by atoms with van der Waals surface area (Å²) >= 11 is 1.33. The number of rotatable bonds is 5. The number of benzene rings is 3. The van der Waals surface area contributed by atoms with Crippen LogP contribution in [-0.4, -0.2) is 27.5 Å². The minimum Gasteiger partial charge on any atom is -0.303 e. The molecule has 144 valence electrons. The molecule has 0 aliphatic carbocycles. The minimum absolute atomic E-state index is 0.0136. The van der Waals surface area contributed by atoms with Crippen LogP contribution in [0.15, 0.2) is 76.9 Å². The molecule has 4 rings (SSSR count). The van der Waals surface area contributed by atoms with Crippen LogP contribution < -0.4 is 5.32 Å². The minimum atomic E-state index is -0.464. The van der Waals surface area contributed by atoms with Gasteiger partial charge in [-0.2, -0.15) is 5.10 Å². The quantitative estimate of drug-likeness (QED) is 0.396. The van der Waals surface area contributed by atoms with Crippen molar-refractivity contribution in [3.63, 3.8) is 0 Å². The van der Waals surface area contributed by atoms with Crippen LogP contribution in [0.5, 0.6) is 0 Å². The van der Waals surface area contributed by atoms with Gasteiger partial charge < -0.3 is 5.32 Å². The van der Waals surface area contributed by atoms with Crippen LogP contribution in [0.2, 0.25) is 0 Å². The Bertz CT molecular complexity index is 1150. The van der Waals surface area contributed by atoms with Gasteiger partial charge in [0.05, 0.1) is 16.4 Å². The molecular formula is C21H16N4O3S. The second-order valence-corrected chi connectivity index (χ2v) is 7.63. The summed E-state index contributed by atoms with van der Waals surface area (Å²) in [5.41, 5.74) is 1.66. The molecule has 29 heavy (non-hydrogen) atoms. The van der Waals surface area contributed by atoms with E-state index in [1.165, 1.54) is 30.1 Å². The van der Waals surface area contributed by atoms with Gasteiger partial charge in [-0.1, -0.05) is 66.4 Å². The highest BCUT2D eigenvalue weighted by Crippen LogP contribution is 2.27. The van der Waals surface area contributed by atoms with E-state index < -0.39 is 4.92 Å². The highest BCUT2D eigenvalue weighted by Gasteiger charge is 2.30. The van der Waals surface area contributed by atoms with Crippen LogP contribution in [0.1, 0.15) is 11.1 Å². The number of thioether (sulfide) groups is 1. The molecule has 1 atom stereocenters. The average Bonchev–Trinajstić information content (AvgIpc) is 3.07. The van der Waals surface area contributed by atoms with Gasteiger partial charge in [0.2, 0.25) is 5.91 Å². The third-order valence-electron chi connectivity index (χ3n) is 4.50. The zero-order valence-corrected chi connectivity index (χ0v) is 16.0. The molecule has 7 nitrogen and oxygen atoms in total. The number of carbonyl (C=O) groups is 1. The number of amides is 1. The van der Waals surface area contributed by atoms with E-state index in [2.05, 4.69) is 33.7 Å². The van der Waals surface area contributed by atoms with Crippen molar-refractivity contribution in [2.24, 2.45) is 10.2 Å². The van der Waals surface area contributed by atoms with E-state index in [4.69, 9.17) is 0 Å². The Labute approximate surface area is 170 Å². The van der Waals surface area contributed by atoms with Crippen molar-refractivity contribution in [1.82, 2.24) is 5.32 Å². The first-order chi connectivity index (χ1) is 14.1. The molecule has 3 aromatic rings. The van der Waals surface area contributed by atoms with Gasteiger partial charge in [0.15, 0.2) is 5.17 Å². The van der Waals surface area contributed by atoms with Crippen LogP contribution in [0, 0.1) is 10.1 Å². The zero-order chi connectivity index (χ0) is 20.2. The van der Waals surface area contributed by atoms with Crippen LogP contribution in [0.3, 0.4) is 0 Å². The van der Waals surface area contributed by atoms with Crippen molar-refractivity contribution in [3.05, 3.63) is 88.0 Å². The maximum Gasteiger partial charge on any atom is 0.270 e. The Morgan fingerprint density at radius 2 is 1.90 bits per heavy atom. The number of hydrogen-bond donors (Lipinski definition) is 1. The lowest BCUT2D eigenvalue weighted by molar-refractivity contribution is -0.384. The zero-order valence-electron chi connectivity index (χ0n) is 15.2. The van der Waals surface area contributed by atoms with E-state index in [1.54, 1.807) is 12.1 Å². The lowest BCUT2D eigenvalue weighted by atomic mass is 10.0. The number of non-ortho nitro benzene ring substituents is 1. The molecular weight excluding hydrogens is 388 g/mol. The fraction of sp³-hybridized carbons (Fsp3) is 0.0952. The maximum atomic E-state index is 12.3. The molecule has 1 aliphatic rings. The van der Waals surface area contributed by atoms with Gasteiger partial charge in [0.25, 0.3) is 5.69 Å². The Kier molecular flexibility index (Phi) is 5.35. The smallest absolute Gasteiger partial charge is 0.270 e. The standard InChI is InChI=1S/C21H16N4O3S/c26-20-19(12-16-8-4-7-15-6-1-2-10-18(15)16)29-21(23-20)24-22-13-14-5-3-9-17(11-14)25(27)28/h1-11,13,19H,12H2,(H,23,24,26)/b22-13-/t19-/m0/s1. The van der Waals surface area contributed by atoms with Crippen molar-refractivity contribution in [2.45, 2.75) is 11.7 Å². The van der Waals surface area contributed by atoms with Crippen molar-refractivity contribution in [3.8, 4) is 0 Å². The van der Waals surface area contributed by atoms with Crippen molar-refractivity contribution in [2.75, 3.05) is 0 Å². The number of nitro groups is 1. The van der Waals surface area contributed by atoms with Crippen LogP contribution in [0.4, 0.5) is 5.69 Å². The van der Waals surface area contributed by atoms with E-state index in [9.17, 15) is 14.9 Å². The molecule has 1 aliphatic heterocycles. The molecule has 0 unspecified atom stereocenters. The summed E-state index contributed by atoms with van der Waals surface area (Å²) in [5, 5.41) is 24.0. The molecule has 1 fully saturated rings. The third kappa shape index (κ3) is 4.33. The second-order valence-electron chi connectivity index (χ2n) is 6.44. The number of fused-ring (bicyclic) bond motifs is 1.